The van der Waals surface area contributed by atoms with Gasteiger partial charge >= 0.3 is 5.97 Å². The molecule has 1 heterocycles. The number of nitrogens with zero attached hydrogens (tertiary/aromatic N) is 1. The number of rotatable bonds is 11. The van der Waals surface area contributed by atoms with Crippen LogP contribution in [0.4, 0.5) is 0 Å². The highest BCUT2D eigenvalue weighted by molar-refractivity contribution is 5.79. The molecule has 3 atom stereocenters. The van der Waals surface area contributed by atoms with E-state index < -0.39 is 0 Å². The summed E-state index contributed by atoms with van der Waals surface area (Å²) in [4.78, 5) is 28.1. The zero-order valence-electron chi connectivity index (χ0n) is 23.7. The topological polar surface area (TPSA) is 78.9 Å². The van der Waals surface area contributed by atoms with E-state index in [1.54, 1.807) is 6.07 Å². The second kappa shape index (κ2) is 14.0. The summed E-state index contributed by atoms with van der Waals surface area (Å²) in [5.74, 6) is 0.979. The van der Waals surface area contributed by atoms with Gasteiger partial charge in [0.2, 0.25) is 5.91 Å². The smallest absolute Gasteiger partial charge is 0.307 e. The lowest BCUT2D eigenvalue weighted by atomic mass is 9.68. The van der Waals surface area contributed by atoms with E-state index in [0.717, 1.165) is 50.9 Å². The summed E-state index contributed by atoms with van der Waals surface area (Å²) in [7, 11) is 0. The van der Waals surface area contributed by atoms with Gasteiger partial charge in [0, 0.05) is 19.0 Å². The molecule has 2 aromatic rings. The lowest BCUT2D eigenvalue weighted by Crippen LogP contribution is -2.48. The van der Waals surface area contributed by atoms with Gasteiger partial charge in [0.25, 0.3) is 0 Å². The lowest BCUT2D eigenvalue weighted by Gasteiger charge is -2.45. The van der Waals surface area contributed by atoms with Crippen molar-refractivity contribution in [2.24, 2.45) is 17.8 Å². The molecule has 6 nitrogen and oxygen atoms in total. The number of aromatic hydroxyl groups is 1. The van der Waals surface area contributed by atoms with E-state index >= 15 is 0 Å². The number of nitrogens with one attached hydrogen (secondary N) is 1. The predicted molar refractivity (Wildman–Crippen MR) is 154 cm³/mol. The highest BCUT2D eigenvalue weighted by Crippen LogP contribution is 2.40. The summed E-state index contributed by atoms with van der Waals surface area (Å²) in [5.41, 5.74) is 2.20. The first kappa shape index (κ1) is 29.1. The molecule has 2 aliphatic rings. The third-order valence-electron chi connectivity index (χ3n) is 9.26. The van der Waals surface area contributed by atoms with Crippen LogP contribution < -0.4 is 5.32 Å². The first-order chi connectivity index (χ1) is 18.8. The normalized spacial score (nSPS) is 23.2. The Hall–Kier alpha value is -2.86. The van der Waals surface area contributed by atoms with Crippen LogP contribution in [0.15, 0.2) is 54.6 Å². The Labute approximate surface area is 234 Å². The average molecular weight is 535 g/mol. The molecule has 39 heavy (non-hydrogen) atoms. The van der Waals surface area contributed by atoms with Crippen molar-refractivity contribution in [3.05, 3.63) is 65.7 Å². The van der Waals surface area contributed by atoms with E-state index in [2.05, 4.69) is 30.1 Å². The number of likely N-dealkylation sites (tertiary alicyclic amines) is 1. The van der Waals surface area contributed by atoms with Crippen molar-refractivity contribution in [1.29, 1.82) is 0 Å². The van der Waals surface area contributed by atoms with Crippen molar-refractivity contribution in [2.75, 3.05) is 26.2 Å². The number of hydrogen-bond donors (Lipinski definition) is 2. The highest BCUT2D eigenvalue weighted by Gasteiger charge is 2.38. The van der Waals surface area contributed by atoms with Crippen LogP contribution in [0.25, 0.3) is 0 Å². The second-order valence-electron chi connectivity index (χ2n) is 11.9. The lowest BCUT2D eigenvalue weighted by molar-refractivity contribution is -0.144. The van der Waals surface area contributed by atoms with Gasteiger partial charge in [0.05, 0.1) is 6.42 Å². The highest BCUT2D eigenvalue weighted by atomic mass is 16.5. The van der Waals surface area contributed by atoms with Crippen molar-refractivity contribution >= 4 is 11.9 Å². The number of benzene rings is 2. The van der Waals surface area contributed by atoms with E-state index in [-0.39, 0.29) is 36.2 Å². The summed E-state index contributed by atoms with van der Waals surface area (Å²) in [6, 6.07) is 17.4. The molecule has 6 heteroatoms. The van der Waals surface area contributed by atoms with E-state index in [4.69, 9.17) is 4.74 Å². The molecule has 3 unspecified atom stereocenters. The third-order valence-corrected chi connectivity index (χ3v) is 9.26. The van der Waals surface area contributed by atoms with Gasteiger partial charge in [-0.15, -0.1) is 0 Å². The Morgan fingerprint density at radius 2 is 1.87 bits per heavy atom. The summed E-state index contributed by atoms with van der Waals surface area (Å²) in [5, 5.41) is 13.1. The van der Waals surface area contributed by atoms with Gasteiger partial charge in [-0.1, -0.05) is 75.6 Å². The first-order valence-electron chi connectivity index (χ1n) is 14.8. The van der Waals surface area contributed by atoms with Gasteiger partial charge < -0.3 is 20.1 Å². The number of phenols is 1. The Bertz CT molecular complexity index is 1070. The van der Waals surface area contributed by atoms with Crippen LogP contribution in [0.1, 0.15) is 76.3 Å². The fourth-order valence-electron chi connectivity index (χ4n) is 6.48. The molecule has 2 fully saturated rings. The number of esters is 1. The molecular formula is C33H46N2O4. The minimum atomic E-state index is -0.287. The molecule has 1 aliphatic carbocycles. The predicted octanol–water partition coefficient (Wildman–Crippen LogP) is 5.83. The molecule has 0 aromatic heterocycles. The minimum absolute atomic E-state index is 0.0136. The molecule has 1 aliphatic heterocycles. The monoisotopic (exact) mass is 534 g/mol. The molecular weight excluding hydrogens is 488 g/mol. The van der Waals surface area contributed by atoms with Crippen molar-refractivity contribution in [3.8, 4) is 5.75 Å². The molecule has 212 valence electrons. The fourth-order valence-corrected chi connectivity index (χ4v) is 6.48. The van der Waals surface area contributed by atoms with E-state index in [0.29, 0.717) is 24.1 Å². The number of amides is 1. The molecule has 4 rings (SSSR count). The van der Waals surface area contributed by atoms with Crippen LogP contribution in [0.2, 0.25) is 0 Å². The summed E-state index contributed by atoms with van der Waals surface area (Å²) >= 11 is 0. The fraction of sp³-hybridized carbons (Fsp3) is 0.576. The molecule has 0 radical (unpaired) electrons. The van der Waals surface area contributed by atoms with Crippen molar-refractivity contribution < 1.29 is 19.4 Å². The van der Waals surface area contributed by atoms with E-state index in [1.807, 2.05) is 42.5 Å². The van der Waals surface area contributed by atoms with Gasteiger partial charge in [0.1, 0.15) is 12.4 Å². The van der Waals surface area contributed by atoms with Gasteiger partial charge in [-0.05, 0) is 79.3 Å². The number of carbonyl (C=O) groups is 2. The van der Waals surface area contributed by atoms with Gasteiger partial charge in [-0.3, -0.25) is 9.59 Å². The Morgan fingerprint density at radius 1 is 1.10 bits per heavy atom. The maximum absolute atomic E-state index is 13.4. The number of carbonyl (C=O) groups excluding carboxylic acids is 2. The van der Waals surface area contributed by atoms with Crippen LogP contribution >= 0.6 is 0 Å². The number of piperidine rings is 1. The molecule has 2 N–H and O–H groups in total. The third kappa shape index (κ3) is 8.07. The van der Waals surface area contributed by atoms with Crippen molar-refractivity contribution in [1.82, 2.24) is 10.2 Å². The van der Waals surface area contributed by atoms with Crippen molar-refractivity contribution in [2.45, 2.75) is 77.2 Å². The quantitative estimate of drug-likeness (QED) is 0.355. The van der Waals surface area contributed by atoms with Crippen LogP contribution in [-0.4, -0.2) is 48.1 Å². The van der Waals surface area contributed by atoms with Gasteiger partial charge in [-0.25, -0.2) is 0 Å². The maximum Gasteiger partial charge on any atom is 0.307 e. The standard InChI is InChI=1S/C33H46N2O4/c1-25-23-35(21-18-33(25,2)28-14-9-15-29(36)22-28)20-17-30(27-12-7-4-8-13-27)32(38)34-19-16-31(37)39-24-26-10-5-3-6-11-26/h3,5-6,9-11,14-15,22,25,27,30,36H,4,7-8,12-13,16-21,23-24H2,1-2H3,(H,34,38). The maximum atomic E-state index is 13.4. The summed E-state index contributed by atoms with van der Waals surface area (Å²) in [6.07, 6.45) is 7.95. The minimum Gasteiger partial charge on any atom is -0.508 e. The van der Waals surface area contributed by atoms with Gasteiger partial charge in [-0.2, -0.15) is 0 Å². The van der Waals surface area contributed by atoms with Crippen LogP contribution in [-0.2, 0) is 26.3 Å². The van der Waals surface area contributed by atoms with Crippen LogP contribution in [0.5, 0.6) is 5.75 Å². The Morgan fingerprint density at radius 3 is 2.59 bits per heavy atom. The molecule has 0 spiro atoms. The van der Waals surface area contributed by atoms with Crippen molar-refractivity contribution in [3.63, 3.8) is 0 Å². The number of hydrogen-bond acceptors (Lipinski definition) is 5. The Kier molecular flexibility index (Phi) is 10.4. The molecule has 1 amide bonds. The van der Waals surface area contributed by atoms with Crippen LogP contribution in [0.3, 0.4) is 0 Å². The zero-order chi connectivity index (χ0) is 27.7. The van der Waals surface area contributed by atoms with Crippen LogP contribution in [0, 0.1) is 17.8 Å². The Balaban J connectivity index is 1.27. The SMILES string of the molecule is CC1CN(CCC(C(=O)NCCC(=O)OCc2ccccc2)C2CCCCC2)CCC1(C)c1cccc(O)c1. The van der Waals surface area contributed by atoms with Gasteiger partial charge in [0.15, 0.2) is 0 Å². The summed E-state index contributed by atoms with van der Waals surface area (Å²) in [6.45, 7) is 8.08. The van der Waals surface area contributed by atoms with E-state index in [1.165, 1.54) is 24.8 Å². The zero-order valence-corrected chi connectivity index (χ0v) is 23.7. The molecule has 0 bridgehead atoms. The van der Waals surface area contributed by atoms with E-state index in [9.17, 15) is 14.7 Å². The number of phenolic OH excluding ortho intramolecular Hbond substituents is 1. The molecule has 1 saturated heterocycles. The summed E-state index contributed by atoms with van der Waals surface area (Å²) < 4.78 is 5.37. The average Bonchev–Trinajstić information content (AvgIpc) is 2.95. The molecule has 2 aromatic carbocycles. The largest absolute Gasteiger partial charge is 0.508 e. The number of ether oxygens (including phenoxy) is 1. The second-order valence-corrected chi connectivity index (χ2v) is 11.9. The molecule has 1 saturated carbocycles. The first-order valence-corrected chi connectivity index (χ1v) is 14.8.